The standard InChI is InChI=1S/C28H50O4S.Na/c1-3-5-7-9-11-13-15-19-26-23-27(20-16-14-12-10-8-6-4-2)25-28(24-26)32-21-17-18-22-33(29,30)31;/h23-25H,3-22H2,1-2H3,(H,29,30,31);/q;+1/p-1. The van der Waals surface area contributed by atoms with Gasteiger partial charge in [0.25, 0.3) is 0 Å². The molecule has 1 aromatic rings. The van der Waals surface area contributed by atoms with E-state index in [4.69, 9.17) is 4.74 Å². The predicted molar refractivity (Wildman–Crippen MR) is 139 cm³/mol. The van der Waals surface area contributed by atoms with E-state index in [9.17, 15) is 13.0 Å². The van der Waals surface area contributed by atoms with Crippen molar-refractivity contribution in [3.8, 4) is 5.75 Å². The number of ether oxygens (including phenoxy) is 1. The van der Waals surface area contributed by atoms with Gasteiger partial charge < -0.3 is 9.29 Å². The molecule has 1 rings (SSSR count). The molecule has 0 fully saturated rings. The second-order valence-electron chi connectivity index (χ2n) is 9.55. The first-order valence-corrected chi connectivity index (χ1v) is 15.2. The van der Waals surface area contributed by atoms with Crippen LogP contribution in [0.25, 0.3) is 0 Å². The maximum absolute atomic E-state index is 10.8. The number of unbranched alkanes of at least 4 members (excludes halogenated alkanes) is 13. The SMILES string of the molecule is CCCCCCCCCc1cc(CCCCCCCCC)cc(OCCCCS(=O)(=O)[O-])c1.[Na+]. The Labute approximate surface area is 233 Å². The summed E-state index contributed by atoms with van der Waals surface area (Å²) < 4.78 is 38.2. The minimum atomic E-state index is -4.13. The van der Waals surface area contributed by atoms with Crippen LogP contribution >= 0.6 is 0 Å². The molecule has 0 N–H and O–H groups in total. The second kappa shape index (κ2) is 22.2. The predicted octanol–water partition coefficient (Wildman–Crippen LogP) is 4.98. The first kappa shape index (κ1) is 33.9. The molecule has 0 unspecified atom stereocenters. The van der Waals surface area contributed by atoms with Gasteiger partial charge in [-0.1, -0.05) is 97.0 Å². The summed E-state index contributed by atoms with van der Waals surface area (Å²) in [6.07, 6.45) is 21.4. The Hall–Kier alpha value is -0.0700. The summed E-state index contributed by atoms with van der Waals surface area (Å²) in [5.74, 6) is 0.580. The van der Waals surface area contributed by atoms with Crippen LogP contribution in [0.3, 0.4) is 0 Å². The summed E-state index contributed by atoms with van der Waals surface area (Å²) >= 11 is 0. The van der Waals surface area contributed by atoms with Crippen LogP contribution < -0.4 is 34.3 Å². The molecule has 0 amide bonds. The minimum Gasteiger partial charge on any atom is -0.748 e. The van der Waals surface area contributed by atoms with E-state index in [2.05, 4.69) is 32.0 Å². The Morgan fingerprint density at radius 3 is 1.53 bits per heavy atom. The number of hydrogen-bond donors (Lipinski definition) is 0. The van der Waals surface area contributed by atoms with Gasteiger partial charge in [-0.15, -0.1) is 0 Å². The molecule has 0 spiro atoms. The fourth-order valence-electron chi connectivity index (χ4n) is 4.24. The van der Waals surface area contributed by atoms with Crippen LogP contribution in [0.5, 0.6) is 5.75 Å². The molecule has 0 saturated carbocycles. The molecule has 0 aliphatic heterocycles. The Kier molecular flexibility index (Phi) is 22.1. The largest absolute Gasteiger partial charge is 1.00 e. The summed E-state index contributed by atoms with van der Waals surface area (Å²) in [4.78, 5) is 0. The number of benzene rings is 1. The van der Waals surface area contributed by atoms with E-state index in [1.807, 2.05) is 0 Å². The van der Waals surface area contributed by atoms with Crippen LogP contribution in [0, 0.1) is 0 Å². The summed E-state index contributed by atoms with van der Waals surface area (Å²) in [5.41, 5.74) is 2.70. The molecule has 1 aromatic carbocycles. The summed E-state index contributed by atoms with van der Waals surface area (Å²) in [6, 6.07) is 6.65. The average molecular weight is 505 g/mol. The van der Waals surface area contributed by atoms with Gasteiger partial charge in [0.1, 0.15) is 5.75 Å². The summed E-state index contributed by atoms with van der Waals surface area (Å²) in [6.45, 7) is 4.96. The van der Waals surface area contributed by atoms with E-state index >= 15 is 0 Å². The second-order valence-corrected chi connectivity index (χ2v) is 11.1. The summed E-state index contributed by atoms with van der Waals surface area (Å²) in [7, 11) is -4.13. The van der Waals surface area contributed by atoms with E-state index in [0.29, 0.717) is 19.4 Å². The van der Waals surface area contributed by atoms with Gasteiger partial charge in [0.15, 0.2) is 0 Å². The Bertz CT molecular complexity index is 670. The molecule has 0 radical (unpaired) electrons. The molecule has 0 aromatic heterocycles. The van der Waals surface area contributed by atoms with Gasteiger partial charge in [0.05, 0.1) is 16.7 Å². The van der Waals surface area contributed by atoms with Crippen molar-refractivity contribution in [3.63, 3.8) is 0 Å². The molecule has 0 aliphatic rings. The monoisotopic (exact) mass is 504 g/mol. The third kappa shape index (κ3) is 20.2. The van der Waals surface area contributed by atoms with Crippen LogP contribution in [-0.2, 0) is 23.0 Å². The molecule has 0 saturated heterocycles. The van der Waals surface area contributed by atoms with Crippen molar-refractivity contribution < 1.29 is 47.3 Å². The molecular formula is C28H49NaO4S. The normalized spacial score (nSPS) is 11.4. The molecule has 34 heavy (non-hydrogen) atoms. The fourth-order valence-corrected chi connectivity index (χ4v) is 4.80. The minimum absolute atomic E-state index is 0. The van der Waals surface area contributed by atoms with Crippen LogP contribution in [-0.4, -0.2) is 25.3 Å². The topological polar surface area (TPSA) is 66.4 Å². The molecule has 6 heteroatoms. The first-order valence-electron chi connectivity index (χ1n) is 13.6. The Balaban J connectivity index is 0.0000109. The molecule has 0 atom stereocenters. The fraction of sp³-hybridized carbons (Fsp3) is 0.786. The van der Waals surface area contributed by atoms with Crippen molar-refractivity contribution in [1.82, 2.24) is 0 Å². The summed E-state index contributed by atoms with van der Waals surface area (Å²) in [5, 5.41) is 0. The third-order valence-corrected chi connectivity index (χ3v) is 7.01. The van der Waals surface area contributed by atoms with Gasteiger partial charge in [0, 0.05) is 5.75 Å². The van der Waals surface area contributed by atoms with E-state index in [1.165, 1.54) is 101 Å². The first-order chi connectivity index (χ1) is 15.9. The molecular weight excluding hydrogens is 455 g/mol. The average Bonchev–Trinajstić information content (AvgIpc) is 2.77. The van der Waals surface area contributed by atoms with Crippen molar-refractivity contribution in [2.45, 2.75) is 129 Å². The van der Waals surface area contributed by atoms with E-state index in [1.54, 1.807) is 0 Å². The Morgan fingerprint density at radius 1 is 0.647 bits per heavy atom. The maximum Gasteiger partial charge on any atom is 1.00 e. The van der Waals surface area contributed by atoms with Gasteiger partial charge in [-0.25, -0.2) is 8.42 Å². The van der Waals surface area contributed by atoms with Crippen molar-refractivity contribution in [1.29, 1.82) is 0 Å². The van der Waals surface area contributed by atoms with Gasteiger partial charge in [-0.3, -0.25) is 0 Å². The van der Waals surface area contributed by atoms with Crippen LogP contribution in [0.15, 0.2) is 18.2 Å². The van der Waals surface area contributed by atoms with Crippen LogP contribution in [0.1, 0.15) is 128 Å². The van der Waals surface area contributed by atoms with Crippen LogP contribution in [0.2, 0.25) is 0 Å². The van der Waals surface area contributed by atoms with E-state index in [-0.39, 0.29) is 35.3 Å². The van der Waals surface area contributed by atoms with Crippen molar-refractivity contribution in [2.75, 3.05) is 12.4 Å². The molecule has 0 bridgehead atoms. The molecule has 4 nitrogen and oxygen atoms in total. The van der Waals surface area contributed by atoms with Gasteiger partial charge in [-0.2, -0.15) is 0 Å². The zero-order valence-electron chi connectivity index (χ0n) is 22.4. The quantitative estimate of drug-likeness (QED) is 0.127. The number of aryl methyl sites for hydroxylation is 2. The van der Waals surface area contributed by atoms with Gasteiger partial charge in [0.2, 0.25) is 0 Å². The zero-order chi connectivity index (χ0) is 24.2. The Morgan fingerprint density at radius 2 is 1.09 bits per heavy atom. The van der Waals surface area contributed by atoms with Gasteiger partial charge >= 0.3 is 29.6 Å². The van der Waals surface area contributed by atoms with Crippen molar-refractivity contribution in [2.24, 2.45) is 0 Å². The van der Waals surface area contributed by atoms with Crippen LogP contribution in [0.4, 0.5) is 0 Å². The number of hydrogen-bond acceptors (Lipinski definition) is 4. The van der Waals surface area contributed by atoms with Crippen molar-refractivity contribution in [3.05, 3.63) is 29.3 Å². The maximum atomic E-state index is 10.8. The van der Waals surface area contributed by atoms with Crippen molar-refractivity contribution >= 4 is 10.1 Å². The zero-order valence-corrected chi connectivity index (χ0v) is 25.2. The smallest absolute Gasteiger partial charge is 0.748 e. The van der Waals surface area contributed by atoms with Gasteiger partial charge in [-0.05, 0) is 61.8 Å². The number of rotatable bonds is 22. The van der Waals surface area contributed by atoms with E-state index < -0.39 is 10.1 Å². The third-order valence-electron chi connectivity index (χ3n) is 6.22. The molecule has 0 heterocycles. The molecule has 192 valence electrons. The van der Waals surface area contributed by atoms with E-state index in [0.717, 1.165) is 18.6 Å². The molecule has 0 aliphatic carbocycles.